The fraction of sp³-hybridized carbons (Fsp3) is 0.357. The van der Waals surface area contributed by atoms with E-state index in [1.54, 1.807) is 0 Å². The van der Waals surface area contributed by atoms with Crippen molar-refractivity contribution in [2.24, 2.45) is 0 Å². The minimum Gasteiger partial charge on any atom is -0.390 e. The molecule has 1 saturated heterocycles. The lowest BCUT2D eigenvalue weighted by Gasteiger charge is -2.29. The van der Waals surface area contributed by atoms with E-state index in [4.69, 9.17) is 0 Å². The van der Waals surface area contributed by atoms with Crippen LogP contribution in [0.2, 0.25) is 0 Å². The van der Waals surface area contributed by atoms with Crippen molar-refractivity contribution in [3.8, 4) is 0 Å². The fourth-order valence-electron chi connectivity index (χ4n) is 2.36. The Morgan fingerprint density at radius 2 is 2.00 bits per heavy atom. The molecule has 3 rings (SSSR count). The maximum atomic E-state index is 9.33. The van der Waals surface area contributed by atoms with Gasteiger partial charge in [-0.1, -0.05) is 18.2 Å². The summed E-state index contributed by atoms with van der Waals surface area (Å²) in [7, 11) is 0. The first-order valence-corrected chi connectivity index (χ1v) is 7.36. The molecule has 1 aromatic heterocycles. The zero-order valence-electron chi connectivity index (χ0n) is 10.2. The number of hydrogen-bond acceptors (Lipinski definition) is 4. The van der Waals surface area contributed by atoms with Crippen molar-refractivity contribution in [1.82, 2.24) is 4.98 Å². The number of nitrogens with zero attached hydrogens (tertiary/aromatic N) is 2. The molecule has 0 saturated carbocycles. The van der Waals surface area contributed by atoms with Crippen molar-refractivity contribution in [3.63, 3.8) is 0 Å². The predicted molar refractivity (Wildman–Crippen MR) is 77.2 cm³/mol. The van der Waals surface area contributed by atoms with Gasteiger partial charge in [-0.2, -0.15) is 11.8 Å². The van der Waals surface area contributed by atoms with Crippen LogP contribution in [-0.4, -0.2) is 34.7 Å². The molecule has 0 bridgehead atoms. The largest absolute Gasteiger partial charge is 0.390 e. The Hall–Kier alpha value is -1.26. The van der Waals surface area contributed by atoms with Crippen LogP contribution in [0.4, 0.5) is 5.69 Å². The normalized spacial score (nSPS) is 16.2. The molecule has 4 heteroatoms. The van der Waals surface area contributed by atoms with Crippen LogP contribution in [0.15, 0.2) is 30.3 Å². The molecule has 0 spiro atoms. The molecule has 0 aliphatic carbocycles. The van der Waals surface area contributed by atoms with E-state index in [9.17, 15) is 5.11 Å². The maximum absolute atomic E-state index is 9.33. The highest BCUT2D eigenvalue weighted by atomic mass is 32.2. The molecule has 1 aromatic carbocycles. The lowest BCUT2D eigenvalue weighted by Crippen LogP contribution is -2.32. The van der Waals surface area contributed by atoms with Gasteiger partial charge in [0.05, 0.1) is 17.8 Å². The summed E-state index contributed by atoms with van der Waals surface area (Å²) in [6.07, 6.45) is 0. The summed E-state index contributed by atoms with van der Waals surface area (Å²) in [6.45, 7) is 2.15. The monoisotopic (exact) mass is 260 g/mol. The Labute approximate surface area is 111 Å². The van der Waals surface area contributed by atoms with Crippen LogP contribution in [0.25, 0.3) is 10.9 Å². The van der Waals surface area contributed by atoms with Gasteiger partial charge in [-0.15, -0.1) is 0 Å². The number of aromatic nitrogens is 1. The van der Waals surface area contributed by atoms with E-state index in [1.807, 2.05) is 36.0 Å². The second-order valence-corrected chi connectivity index (χ2v) is 5.63. The first-order valence-electron chi connectivity index (χ1n) is 6.21. The second-order valence-electron chi connectivity index (χ2n) is 4.41. The highest BCUT2D eigenvalue weighted by molar-refractivity contribution is 7.99. The number of pyridine rings is 1. The van der Waals surface area contributed by atoms with Gasteiger partial charge in [-0.25, -0.2) is 0 Å². The highest BCUT2D eigenvalue weighted by Gasteiger charge is 2.15. The number of aliphatic hydroxyl groups is 1. The fourth-order valence-corrected chi connectivity index (χ4v) is 3.26. The van der Waals surface area contributed by atoms with E-state index in [-0.39, 0.29) is 6.61 Å². The summed E-state index contributed by atoms with van der Waals surface area (Å²) in [5.74, 6) is 2.34. The van der Waals surface area contributed by atoms with Crippen molar-refractivity contribution in [1.29, 1.82) is 0 Å². The Morgan fingerprint density at radius 1 is 1.22 bits per heavy atom. The third-order valence-electron chi connectivity index (χ3n) is 3.26. The second kappa shape index (κ2) is 5.16. The average Bonchev–Trinajstić information content (AvgIpc) is 2.47. The third-order valence-corrected chi connectivity index (χ3v) is 4.20. The van der Waals surface area contributed by atoms with Gasteiger partial charge in [-0.05, 0) is 12.1 Å². The lowest BCUT2D eigenvalue weighted by molar-refractivity contribution is 0.277. The summed E-state index contributed by atoms with van der Waals surface area (Å²) in [4.78, 5) is 6.87. The van der Waals surface area contributed by atoms with E-state index in [0.29, 0.717) is 0 Å². The molecular formula is C14H16N2OS. The molecule has 18 heavy (non-hydrogen) atoms. The molecule has 0 amide bonds. The predicted octanol–water partition coefficient (Wildman–Crippen LogP) is 2.28. The van der Waals surface area contributed by atoms with E-state index in [1.165, 1.54) is 22.6 Å². The Balaban J connectivity index is 2.12. The SMILES string of the molecule is OCc1cc(N2CCSCC2)c2ccccc2n1. The topological polar surface area (TPSA) is 36.4 Å². The van der Waals surface area contributed by atoms with Gasteiger partial charge in [0.15, 0.2) is 0 Å². The molecule has 2 heterocycles. The van der Waals surface area contributed by atoms with E-state index >= 15 is 0 Å². The summed E-state index contributed by atoms with van der Waals surface area (Å²) in [6, 6.07) is 10.2. The van der Waals surface area contributed by atoms with Crippen molar-refractivity contribution in [2.45, 2.75) is 6.61 Å². The third kappa shape index (κ3) is 2.18. The van der Waals surface area contributed by atoms with Crippen molar-refractivity contribution in [3.05, 3.63) is 36.0 Å². The van der Waals surface area contributed by atoms with Crippen LogP contribution in [-0.2, 0) is 6.61 Å². The van der Waals surface area contributed by atoms with Gasteiger partial charge >= 0.3 is 0 Å². The van der Waals surface area contributed by atoms with Crippen molar-refractivity contribution in [2.75, 3.05) is 29.5 Å². The van der Waals surface area contributed by atoms with Crippen LogP contribution in [0.3, 0.4) is 0 Å². The Kier molecular flexibility index (Phi) is 3.39. The molecule has 1 N–H and O–H groups in total. The number of rotatable bonds is 2. The van der Waals surface area contributed by atoms with Crippen molar-refractivity contribution < 1.29 is 5.11 Å². The standard InChI is InChI=1S/C14H16N2OS/c17-10-11-9-14(16-5-7-18-8-6-16)12-3-1-2-4-13(12)15-11/h1-4,9,17H,5-8,10H2. The van der Waals surface area contributed by atoms with Crippen LogP contribution in [0.5, 0.6) is 0 Å². The Bertz CT molecular complexity index is 552. The van der Waals surface area contributed by atoms with Gasteiger partial charge in [0, 0.05) is 35.7 Å². The number of para-hydroxylation sites is 1. The highest BCUT2D eigenvalue weighted by Crippen LogP contribution is 2.28. The minimum atomic E-state index is 0.000421. The molecule has 3 nitrogen and oxygen atoms in total. The minimum absolute atomic E-state index is 0.000421. The Morgan fingerprint density at radius 3 is 2.78 bits per heavy atom. The van der Waals surface area contributed by atoms with Crippen LogP contribution in [0.1, 0.15) is 5.69 Å². The first kappa shape index (κ1) is 11.8. The molecule has 1 fully saturated rings. The van der Waals surface area contributed by atoms with E-state index in [2.05, 4.69) is 16.0 Å². The maximum Gasteiger partial charge on any atom is 0.0854 e. The summed E-state index contributed by atoms with van der Waals surface area (Å²) in [5, 5.41) is 10.5. The molecule has 0 radical (unpaired) electrons. The number of fused-ring (bicyclic) bond motifs is 1. The number of anilines is 1. The summed E-state index contributed by atoms with van der Waals surface area (Å²) >= 11 is 2.00. The van der Waals surface area contributed by atoms with Gasteiger partial charge < -0.3 is 10.0 Å². The molecule has 0 unspecified atom stereocenters. The lowest BCUT2D eigenvalue weighted by atomic mass is 10.1. The molecule has 1 aliphatic rings. The molecule has 1 aliphatic heterocycles. The van der Waals surface area contributed by atoms with E-state index in [0.717, 1.165) is 24.3 Å². The van der Waals surface area contributed by atoms with Crippen LogP contribution in [0, 0.1) is 0 Å². The zero-order valence-corrected chi connectivity index (χ0v) is 11.0. The first-order chi connectivity index (χ1) is 8.88. The summed E-state index contributed by atoms with van der Waals surface area (Å²) in [5.41, 5.74) is 2.93. The average molecular weight is 260 g/mol. The van der Waals surface area contributed by atoms with Crippen LogP contribution >= 0.6 is 11.8 Å². The van der Waals surface area contributed by atoms with Gasteiger partial charge in [-0.3, -0.25) is 4.98 Å². The van der Waals surface area contributed by atoms with Crippen LogP contribution < -0.4 is 4.90 Å². The smallest absolute Gasteiger partial charge is 0.0854 e. The number of thioether (sulfide) groups is 1. The van der Waals surface area contributed by atoms with E-state index < -0.39 is 0 Å². The van der Waals surface area contributed by atoms with Gasteiger partial charge in [0.25, 0.3) is 0 Å². The molecule has 2 aromatic rings. The van der Waals surface area contributed by atoms with Gasteiger partial charge in [0.1, 0.15) is 0 Å². The molecular weight excluding hydrogens is 244 g/mol. The summed E-state index contributed by atoms with van der Waals surface area (Å²) < 4.78 is 0. The zero-order chi connectivity index (χ0) is 12.4. The number of hydrogen-bond donors (Lipinski definition) is 1. The molecule has 94 valence electrons. The number of benzene rings is 1. The molecule has 0 atom stereocenters. The quantitative estimate of drug-likeness (QED) is 0.898. The number of aliphatic hydroxyl groups excluding tert-OH is 1. The van der Waals surface area contributed by atoms with Crippen molar-refractivity contribution >= 4 is 28.4 Å². The van der Waals surface area contributed by atoms with Gasteiger partial charge in [0.2, 0.25) is 0 Å².